The number of methoxy groups -OCH3 is 1. The third-order valence-corrected chi connectivity index (χ3v) is 7.79. The van der Waals surface area contributed by atoms with Gasteiger partial charge in [-0.1, -0.05) is 17.7 Å². The van der Waals surface area contributed by atoms with E-state index in [4.69, 9.17) is 26.1 Å². The maximum Gasteiger partial charge on any atom is 0.338 e. The molecule has 2 aliphatic rings. The molecule has 0 amide bonds. The molecule has 2 atom stereocenters. The number of nitrogens with one attached hydrogen (secondary N) is 3. The highest BCUT2D eigenvalue weighted by Crippen LogP contribution is 2.41. The summed E-state index contributed by atoms with van der Waals surface area (Å²) in [5.74, 6) is -0.551. The lowest BCUT2D eigenvalue weighted by Gasteiger charge is -2.35. The summed E-state index contributed by atoms with van der Waals surface area (Å²) in [4.78, 5) is 22.1. The molecule has 2 unspecified atom stereocenters. The number of thiazole rings is 1. The van der Waals surface area contributed by atoms with Gasteiger partial charge in [-0.3, -0.25) is 4.99 Å². The Hall–Kier alpha value is -2.34. The number of amidine groups is 1. The SMILES string of the molecule is COC(=O)C1=C([C@H]2CC[C@H](NS(C)(=N)=O)CC2)NC(c2nccs2)=NC1c1ccc(F)cc1Cl. The molecule has 4 rings (SSSR count). The van der Waals surface area contributed by atoms with Gasteiger partial charge in [0.15, 0.2) is 10.8 Å². The van der Waals surface area contributed by atoms with Crippen LogP contribution in [0.3, 0.4) is 0 Å². The van der Waals surface area contributed by atoms with Gasteiger partial charge >= 0.3 is 5.97 Å². The molecule has 0 saturated heterocycles. The molecule has 0 radical (unpaired) electrons. The van der Waals surface area contributed by atoms with Crippen molar-refractivity contribution in [3.63, 3.8) is 0 Å². The highest BCUT2D eigenvalue weighted by Gasteiger charge is 2.37. The first-order chi connectivity index (χ1) is 16.2. The molecule has 182 valence electrons. The second kappa shape index (κ2) is 10.1. The Balaban J connectivity index is 1.76. The van der Waals surface area contributed by atoms with Gasteiger partial charge in [-0.15, -0.1) is 11.3 Å². The summed E-state index contributed by atoms with van der Waals surface area (Å²) >= 11 is 7.80. The quantitative estimate of drug-likeness (QED) is 0.489. The number of hydrogen-bond acceptors (Lipinski definition) is 8. The lowest BCUT2D eigenvalue weighted by molar-refractivity contribution is -0.136. The molecule has 34 heavy (non-hydrogen) atoms. The maximum atomic E-state index is 13.8. The fourth-order valence-corrected chi connectivity index (χ4v) is 6.17. The predicted molar refractivity (Wildman–Crippen MR) is 131 cm³/mol. The molecule has 0 bridgehead atoms. The smallest absolute Gasteiger partial charge is 0.338 e. The number of carbonyl (C=O) groups excluding carboxylic acids is 1. The van der Waals surface area contributed by atoms with E-state index in [9.17, 15) is 13.4 Å². The van der Waals surface area contributed by atoms with Crippen LogP contribution in [-0.2, 0) is 19.4 Å². The van der Waals surface area contributed by atoms with Crippen LogP contribution in [0.15, 0.2) is 46.0 Å². The zero-order valence-electron chi connectivity index (χ0n) is 18.6. The Morgan fingerprint density at radius 3 is 2.68 bits per heavy atom. The Bertz CT molecular complexity index is 1240. The second-order valence-corrected chi connectivity index (χ2v) is 11.6. The van der Waals surface area contributed by atoms with Gasteiger partial charge in [0.05, 0.1) is 12.7 Å². The molecule has 1 aromatic heterocycles. The van der Waals surface area contributed by atoms with Crippen molar-refractivity contribution in [1.29, 1.82) is 4.78 Å². The fourth-order valence-electron chi connectivity index (χ4n) is 4.44. The number of carbonyl (C=O) groups is 1. The summed E-state index contributed by atoms with van der Waals surface area (Å²) in [5.41, 5.74) is 1.50. The number of benzene rings is 1. The largest absolute Gasteiger partial charge is 0.466 e. The van der Waals surface area contributed by atoms with Crippen LogP contribution in [-0.4, -0.2) is 40.4 Å². The highest BCUT2D eigenvalue weighted by atomic mass is 35.5. The molecule has 1 aromatic carbocycles. The summed E-state index contributed by atoms with van der Waals surface area (Å²) in [7, 11) is -1.50. The van der Waals surface area contributed by atoms with Crippen molar-refractivity contribution in [3.05, 3.63) is 62.5 Å². The van der Waals surface area contributed by atoms with E-state index in [0.717, 1.165) is 0 Å². The Morgan fingerprint density at radius 2 is 2.09 bits per heavy atom. The molecular weight excluding hydrogens is 501 g/mol. The van der Waals surface area contributed by atoms with Gasteiger partial charge in [-0.25, -0.2) is 27.9 Å². The van der Waals surface area contributed by atoms with Crippen LogP contribution in [0.25, 0.3) is 0 Å². The summed E-state index contributed by atoms with van der Waals surface area (Å²) in [6.07, 6.45) is 5.83. The van der Waals surface area contributed by atoms with Gasteiger partial charge in [-0.05, 0) is 43.7 Å². The minimum Gasteiger partial charge on any atom is -0.466 e. The normalized spacial score (nSPS) is 24.7. The van der Waals surface area contributed by atoms with E-state index in [1.54, 1.807) is 6.20 Å². The first-order valence-corrected chi connectivity index (χ1v) is 13.9. The number of ether oxygens (including phenoxy) is 1. The van der Waals surface area contributed by atoms with Gasteiger partial charge < -0.3 is 10.1 Å². The highest BCUT2D eigenvalue weighted by molar-refractivity contribution is 7.89. The monoisotopic (exact) mass is 525 g/mol. The molecule has 8 nitrogen and oxygen atoms in total. The minimum atomic E-state index is -2.81. The number of hydrogen-bond donors (Lipinski definition) is 3. The van der Waals surface area contributed by atoms with Crippen LogP contribution in [0.2, 0.25) is 5.02 Å². The predicted octanol–water partition coefficient (Wildman–Crippen LogP) is 4.19. The lowest BCUT2D eigenvalue weighted by Crippen LogP contribution is -2.41. The summed E-state index contributed by atoms with van der Waals surface area (Å²) in [6, 6.07) is 3.19. The third-order valence-electron chi connectivity index (χ3n) is 5.90. The average molecular weight is 526 g/mol. The number of rotatable bonds is 6. The Labute approximate surface area is 206 Å². The van der Waals surface area contributed by atoms with Crippen LogP contribution >= 0.6 is 22.9 Å². The van der Waals surface area contributed by atoms with Gasteiger partial charge in [0, 0.05) is 40.2 Å². The summed E-state index contributed by atoms with van der Waals surface area (Å²) in [6.45, 7) is 0. The first-order valence-electron chi connectivity index (χ1n) is 10.7. The van der Waals surface area contributed by atoms with Gasteiger partial charge in [-0.2, -0.15) is 0 Å². The van der Waals surface area contributed by atoms with E-state index in [1.807, 2.05) is 5.38 Å². The molecule has 2 heterocycles. The van der Waals surface area contributed by atoms with Crippen molar-refractivity contribution in [3.8, 4) is 0 Å². The van der Waals surface area contributed by atoms with Gasteiger partial charge in [0.1, 0.15) is 21.8 Å². The molecule has 3 N–H and O–H groups in total. The number of halogens is 2. The molecule has 1 aliphatic carbocycles. The van der Waals surface area contributed by atoms with Crippen molar-refractivity contribution < 1.29 is 18.1 Å². The van der Waals surface area contributed by atoms with Crippen LogP contribution < -0.4 is 10.0 Å². The molecule has 2 aromatic rings. The summed E-state index contributed by atoms with van der Waals surface area (Å²) in [5, 5.41) is 5.98. The molecular formula is C22H25ClFN5O3S2. The van der Waals surface area contributed by atoms with Crippen LogP contribution in [0.5, 0.6) is 0 Å². The minimum absolute atomic E-state index is 0.0297. The Kier molecular flexibility index (Phi) is 7.36. The summed E-state index contributed by atoms with van der Waals surface area (Å²) < 4.78 is 41.3. The van der Waals surface area contributed by atoms with E-state index in [0.29, 0.717) is 53.4 Å². The zero-order valence-corrected chi connectivity index (χ0v) is 21.0. The van der Waals surface area contributed by atoms with Crippen molar-refractivity contribution in [2.75, 3.05) is 13.4 Å². The van der Waals surface area contributed by atoms with Crippen molar-refractivity contribution in [2.45, 2.75) is 37.8 Å². The maximum absolute atomic E-state index is 13.8. The molecule has 12 heteroatoms. The van der Waals surface area contributed by atoms with Crippen molar-refractivity contribution in [1.82, 2.24) is 15.0 Å². The van der Waals surface area contributed by atoms with Crippen molar-refractivity contribution >= 4 is 44.7 Å². The topological polar surface area (TPSA) is 117 Å². The zero-order chi connectivity index (χ0) is 24.5. The first kappa shape index (κ1) is 24.8. The van der Waals surface area contributed by atoms with Gasteiger partial charge in [0.25, 0.3) is 0 Å². The molecule has 1 aliphatic heterocycles. The average Bonchev–Trinajstić information content (AvgIpc) is 3.32. The van der Waals surface area contributed by atoms with E-state index in [1.165, 1.54) is 42.9 Å². The fraction of sp³-hybridized carbons (Fsp3) is 0.409. The Morgan fingerprint density at radius 1 is 1.35 bits per heavy atom. The van der Waals surface area contributed by atoms with Crippen molar-refractivity contribution in [2.24, 2.45) is 10.9 Å². The van der Waals surface area contributed by atoms with E-state index < -0.39 is 27.7 Å². The number of aliphatic imine (C=N–C) groups is 1. The third kappa shape index (κ3) is 5.48. The number of esters is 1. The van der Waals surface area contributed by atoms with Crippen LogP contribution in [0, 0.1) is 16.5 Å². The molecule has 0 spiro atoms. The van der Waals surface area contributed by atoms with Crippen LogP contribution in [0.1, 0.15) is 42.3 Å². The standard InChI is InChI=1S/C22H25ClFN5O3S2/c1-32-22(30)17-18(12-3-6-14(7-4-12)29-34(2,25)31)27-20(21-26-9-10-33-21)28-19(17)15-8-5-13(24)11-16(15)23/h5,8-12,14,19H,3-4,6-7H2,1-2H3,(H,27,28)(H2,25,29,31)/t12-,14-,19?,34?. The molecule has 1 saturated carbocycles. The van der Waals surface area contributed by atoms with E-state index in [-0.39, 0.29) is 17.0 Å². The number of allylic oxidation sites excluding steroid dienone is 1. The lowest BCUT2D eigenvalue weighted by atomic mass is 9.80. The number of aromatic nitrogens is 1. The van der Waals surface area contributed by atoms with E-state index in [2.05, 4.69) is 15.0 Å². The van der Waals surface area contributed by atoms with Crippen LogP contribution in [0.4, 0.5) is 4.39 Å². The second-order valence-electron chi connectivity index (χ2n) is 8.34. The number of nitrogens with zero attached hydrogens (tertiary/aromatic N) is 2. The van der Waals surface area contributed by atoms with Gasteiger partial charge in [0.2, 0.25) is 0 Å². The van der Waals surface area contributed by atoms with E-state index >= 15 is 0 Å². The molecule has 1 fully saturated rings.